The third-order valence-corrected chi connectivity index (χ3v) is 6.62. The summed E-state index contributed by atoms with van der Waals surface area (Å²) < 4.78 is 0.733. The van der Waals surface area contributed by atoms with Crippen LogP contribution in [0.15, 0.2) is 12.2 Å². The molecule has 1 rings (SSSR count). The van der Waals surface area contributed by atoms with Crippen molar-refractivity contribution < 1.29 is 0 Å². The standard InChI is InChI=1S/C13H24S2/c1-12(2)8-6-7-9-13(12,3)10-11(14-4)15-5/h7,9,11H,6,8,10H2,1-5H3. The van der Waals surface area contributed by atoms with Crippen LogP contribution in [0.25, 0.3) is 0 Å². The van der Waals surface area contributed by atoms with Crippen molar-refractivity contribution in [1.82, 2.24) is 0 Å². The molecule has 15 heavy (non-hydrogen) atoms. The van der Waals surface area contributed by atoms with E-state index in [9.17, 15) is 0 Å². The van der Waals surface area contributed by atoms with Crippen molar-refractivity contribution in [2.75, 3.05) is 12.5 Å². The van der Waals surface area contributed by atoms with Gasteiger partial charge in [0, 0.05) is 0 Å². The molecule has 1 atom stereocenters. The van der Waals surface area contributed by atoms with Gasteiger partial charge in [-0.25, -0.2) is 0 Å². The van der Waals surface area contributed by atoms with Crippen molar-refractivity contribution in [3.05, 3.63) is 12.2 Å². The number of hydrogen-bond acceptors (Lipinski definition) is 2. The molecular weight excluding hydrogens is 220 g/mol. The molecule has 0 N–H and O–H groups in total. The fourth-order valence-corrected chi connectivity index (χ4v) is 4.05. The Morgan fingerprint density at radius 3 is 2.27 bits per heavy atom. The zero-order chi connectivity index (χ0) is 11.5. The van der Waals surface area contributed by atoms with E-state index in [0.29, 0.717) is 10.8 Å². The lowest BCUT2D eigenvalue weighted by atomic mass is 9.60. The van der Waals surface area contributed by atoms with Gasteiger partial charge in [-0.3, -0.25) is 0 Å². The molecule has 1 aliphatic carbocycles. The maximum Gasteiger partial charge on any atom is 0.0505 e. The Bertz CT molecular complexity index is 229. The van der Waals surface area contributed by atoms with Crippen molar-refractivity contribution >= 4 is 23.5 Å². The first-order chi connectivity index (χ1) is 6.95. The van der Waals surface area contributed by atoms with Crippen LogP contribution in [0, 0.1) is 10.8 Å². The first-order valence-corrected chi connectivity index (χ1v) is 8.26. The van der Waals surface area contributed by atoms with Crippen molar-refractivity contribution in [3.63, 3.8) is 0 Å². The van der Waals surface area contributed by atoms with Crippen LogP contribution in [-0.2, 0) is 0 Å². The first kappa shape index (κ1) is 13.5. The molecule has 0 aromatic heterocycles. The van der Waals surface area contributed by atoms with Gasteiger partial charge in [0.1, 0.15) is 0 Å². The Hall–Kier alpha value is 0.440. The van der Waals surface area contributed by atoms with Crippen LogP contribution >= 0.6 is 23.5 Å². The summed E-state index contributed by atoms with van der Waals surface area (Å²) in [5, 5.41) is 0. The van der Waals surface area contributed by atoms with Crippen molar-refractivity contribution in [2.45, 2.75) is 44.6 Å². The minimum absolute atomic E-state index is 0.377. The van der Waals surface area contributed by atoms with Gasteiger partial charge in [0.2, 0.25) is 0 Å². The molecule has 0 saturated carbocycles. The van der Waals surface area contributed by atoms with Crippen molar-refractivity contribution in [1.29, 1.82) is 0 Å². The summed E-state index contributed by atoms with van der Waals surface area (Å²) >= 11 is 3.98. The number of hydrogen-bond donors (Lipinski definition) is 0. The first-order valence-electron chi connectivity index (χ1n) is 5.68. The molecule has 0 aromatic rings. The summed E-state index contributed by atoms with van der Waals surface area (Å²) in [7, 11) is 0. The van der Waals surface area contributed by atoms with E-state index < -0.39 is 0 Å². The third-order valence-electron chi connectivity index (χ3n) is 4.08. The molecule has 0 heterocycles. The fraction of sp³-hybridized carbons (Fsp3) is 0.846. The lowest BCUT2D eigenvalue weighted by Gasteiger charge is -2.46. The Morgan fingerprint density at radius 2 is 1.80 bits per heavy atom. The average molecular weight is 244 g/mol. The maximum absolute atomic E-state index is 2.47. The summed E-state index contributed by atoms with van der Waals surface area (Å²) in [6.07, 6.45) is 13.2. The Morgan fingerprint density at radius 1 is 1.20 bits per heavy atom. The molecule has 0 saturated heterocycles. The van der Waals surface area contributed by atoms with Crippen molar-refractivity contribution in [2.24, 2.45) is 10.8 Å². The molecule has 0 fully saturated rings. The number of rotatable bonds is 4. The Balaban J connectivity index is 2.79. The van der Waals surface area contributed by atoms with Gasteiger partial charge in [-0.15, -0.1) is 0 Å². The molecule has 2 heteroatoms. The zero-order valence-corrected chi connectivity index (χ0v) is 12.3. The van der Waals surface area contributed by atoms with Gasteiger partial charge in [-0.2, -0.15) is 23.5 Å². The fourth-order valence-electron chi connectivity index (χ4n) is 2.25. The summed E-state index contributed by atoms with van der Waals surface area (Å²) in [5.74, 6) is 0. The van der Waals surface area contributed by atoms with Gasteiger partial charge in [-0.05, 0) is 42.6 Å². The van der Waals surface area contributed by atoms with Crippen LogP contribution in [0.5, 0.6) is 0 Å². The summed E-state index contributed by atoms with van der Waals surface area (Å²) in [4.78, 5) is 0. The lowest BCUT2D eigenvalue weighted by Crippen LogP contribution is -2.37. The zero-order valence-electron chi connectivity index (χ0n) is 10.7. The molecule has 88 valence electrons. The molecule has 0 radical (unpaired) electrons. The van der Waals surface area contributed by atoms with Crippen LogP contribution in [0.1, 0.15) is 40.0 Å². The van der Waals surface area contributed by atoms with Gasteiger partial charge in [0.05, 0.1) is 4.58 Å². The van der Waals surface area contributed by atoms with E-state index >= 15 is 0 Å². The number of thioether (sulfide) groups is 2. The topological polar surface area (TPSA) is 0 Å². The van der Waals surface area contributed by atoms with Crippen LogP contribution in [0.2, 0.25) is 0 Å². The van der Waals surface area contributed by atoms with Gasteiger partial charge in [-0.1, -0.05) is 32.9 Å². The van der Waals surface area contributed by atoms with Gasteiger partial charge >= 0.3 is 0 Å². The Kier molecular flexibility index (Phi) is 4.66. The van der Waals surface area contributed by atoms with E-state index in [2.05, 4.69) is 45.4 Å². The van der Waals surface area contributed by atoms with E-state index in [1.807, 2.05) is 23.5 Å². The molecule has 1 unspecified atom stereocenters. The molecule has 0 amide bonds. The largest absolute Gasteiger partial charge is 0.151 e. The van der Waals surface area contributed by atoms with E-state index in [-0.39, 0.29) is 0 Å². The molecule has 0 aliphatic heterocycles. The predicted octanol–water partition coefficient (Wildman–Crippen LogP) is 4.81. The second-order valence-electron chi connectivity index (χ2n) is 5.35. The summed E-state index contributed by atoms with van der Waals surface area (Å²) in [5.41, 5.74) is 0.827. The highest BCUT2D eigenvalue weighted by atomic mass is 32.2. The minimum Gasteiger partial charge on any atom is -0.151 e. The van der Waals surface area contributed by atoms with Crippen LogP contribution < -0.4 is 0 Å². The van der Waals surface area contributed by atoms with Gasteiger partial charge in [0.25, 0.3) is 0 Å². The Labute approximate surface area is 104 Å². The van der Waals surface area contributed by atoms with Gasteiger partial charge < -0.3 is 0 Å². The number of allylic oxidation sites excluding steroid dienone is 2. The molecule has 0 bridgehead atoms. The highest BCUT2D eigenvalue weighted by Crippen LogP contribution is 2.51. The molecule has 1 aliphatic rings. The molecule has 0 spiro atoms. The van der Waals surface area contributed by atoms with Crippen molar-refractivity contribution in [3.8, 4) is 0 Å². The van der Waals surface area contributed by atoms with Gasteiger partial charge in [0.15, 0.2) is 0 Å². The average Bonchev–Trinajstić information content (AvgIpc) is 2.19. The minimum atomic E-state index is 0.377. The summed E-state index contributed by atoms with van der Waals surface area (Å²) in [6, 6.07) is 0. The van der Waals surface area contributed by atoms with E-state index in [0.717, 1.165) is 4.58 Å². The second-order valence-corrected chi connectivity index (χ2v) is 7.73. The molecular formula is C13H24S2. The van der Waals surface area contributed by atoms with Crippen LogP contribution in [0.3, 0.4) is 0 Å². The molecule has 0 nitrogen and oxygen atoms in total. The van der Waals surface area contributed by atoms with Crippen LogP contribution in [-0.4, -0.2) is 17.1 Å². The van der Waals surface area contributed by atoms with E-state index in [1.165, 1.54) is 19.3 Å². The SMILES string of the molecule is CSC(CC1(C)C=CCCC1(C)C)SC. The maximum atomic E-state index is 2.47. The normalized spacial score (nSPS) is 29.7. The monoisotopic (exact) mass is 244 g/mol. The molecule has 0 aromatic carbocycles. The van der Waals surface area contributed by atoms with E-state index in [4.69, 9.17) is 0 Å². The predicted molar refractivity (Wildman–Crippen MR) is 75.7 cm³/mol. The second kappa shape index (κ2) is 5.18. The highest BCUT2D eigenvalue weighted by Gasteiger charge is 2.41. The quantitative estimate of drug-likeness (QED) is 0.514. The highest BCUT2D eigenvalue weighted by molar-refractivity contribution is 8.16. The summed E-state index contributed by atoms with van der Waals surface area (Å²) in [6.45, 7) is 7.28. The third kappa shape index (κ3) is 2.97. The smallest absolute Gasteiger partial charge is 0.0505 e. The lowest BCUT2D eigenvalue weighted by molar-refractivity contribution is 0.116. The van der Waals surface area contributed by atoms with Crippen LogP contribution in [0.4, 0.5) is 0 Å². The van der Waals surface area contributed by atoms with E-state index in [1.54, 1.807) is 0 Å².